The third-order valence-corrected chi connectivity index (χ3v) is 4.77. The van der Waals surface area contributed by atoms with E-state index in [1.807, 2.05) is 0 Å². The van der Waals surface area contributed by atoms with Gasteiger partial charge in [-0.15, -0.1) is 0 Å². The number of aliphatic hydroxyl groups is 1. The molecule has 2 rings (SSSR count). The van der Waals surface area contributed by atoms with E-state index < -0.39 is 16.1 Å². The van der Waals surface area contributed by atoms with E-state index in [2.05, 4.69) is 4.98 Å². The van der Waals surface area contributed by atoms with Crippen molar-refractivity contribution in [1.29, 1.82) is 0 Å². The molecule has 0 saturated carbocycles. The Kier molecular flexibility index (Phi) is 4.06. The summed E-state index contributed by atoms with van der Waals surface area (Å²) in [7, 11) is -2.19. The van der Waals surface area contributed by atoms with Gasteiger partial charge in [0.1, 0.15) is 5.82 Å². The van der Waals surface area contributed by atoms with E-state index in [0.29, 0.717) is 11.4 Å². The first-order chi connectivity index (χ1) is 9.43. The number of hydrogen-bond acceptors (Lipinski definition) is 4. The SMILES string of the molecule is CC(O)c1ccc(S(=O)(=O)N(C)c2ccccn2)cc1. The molecule has 0 spiro atoms. The number of pyridine rings is 1. The minimum atomic E-state index is -3.65. The molecule has 0 amide bonds. The van der Waals surface area contributed by atoms with Gasteiger partial charge < -0.3 is 5.11 Å². The largest absolute Gasteiger partial charge is 0.389 e. The maximum Gasteiger partial charge on any atom is 0.265 e. The van der Waals surface area contributed by atoms with Gasteiger partial charge in [-0.2, -0.15) is 0 Å². The minimum Gasteiger partial charge on any atom is -0.389 e. The second-order valence-corrected chi connectivity index (χ2v) is 6.37. The van der Waals surface area contributed by atoms with Gasteiger partial charge in [0, 0.05) is 13.2 Å². The summed E-state index contributed by atoms with van der Waals surface area (Å²) in [6.45, 7) is 1.63. The molecule has 1 N–H and O–H groups in total. The second-order valence-electron chi connectivity index (χ2n) is 4.41. The van der Waals surface area contributed by atoms with Gasteiger partial charge in [-0.05, 0) is 36.8 Å². The summed E-state index contributed by atoms with van der Waals surface area (Å²) in [4.78, 5) is 4.19. The summed E-state index contributed by atoms with van der Waals surface area (Å²) in [5.74, 6) is 0.354. The number of benzene rings is 1. The van der Waals surface area contributed by atoms with Crippen molar-refractivity contribution in [1.82, 2.24) is 4.98 Å². The standard InChI is InChI=1S/C14H16N2O3S/c1-11(17)12-6-8-13(9-7-12)20(18,19)16(2)14-5-3-4-10-15-14/h3-11,17H,1-2H3. The van der Waals surface area contributed by atoms with Crippen LogP contribution in [0.4, 0.5) is 5.82 Å². The fourth-order valence-corrected chi connectivity index (χ4v) is 2.89. The first-order valence-electron chi connectivity index (χ1n) is 6.11. The molecule has 0 saturated heterocycles. The molecule has 0 aliphatic carbocycles. The van der Waals surface area contributed by atoms with Crippen molar-refractivity contribution in [3.8, 4) is 0 Å². The molecular weight excluding hydrogens is 276 g/mol. The van der Waals surface area contributed by atoms with E-state index >= 15 is 0 Å². The highest BCUT2D eigenvalue weighted by atomic mass is 32.2. The van der Waals surface area contributed by atoms with Crippen LogP contribution in [0.1, 0.15) is 18.6 Å². The molecule has 5 nitrogen and oxygen atoms in total. The number of nitrogens with zero attached hydrogens (tertiary/aromatic N) is 2. The molecule has 1 heterocycles. The van der Waals surface area contributed by atoms with Gasteiger partial charge in [0.05, 0.1) is 11.0 Å². The van der Waals surface area contributed by atoms with Crippen LogP contribution >= 0.6 is 0 Å². The Labute approximate surface area is 118 Å². The second kappa shape index (κ2) is 5.60. The van der Waals surface area contributed by atoms with Gasteiger partial charge in [0.25, 0.3) is 10.0 Å². The molecule has 1 atom stereocenters. The van der Waals surface area contributed by atoms with Crippen molar-refractivity contribution in [3.05, 3.63) is 54.2 Å². The number of rotatable bonds is 4. The van der Waals surface area contributed by atoms with Crippen LogP contribution in [0.15, 0.2) is 53.6 Å². The Hall–Kier alpha value is -1.92. The lowest BCUT2D eigenvalue weighted by atomic mass is 10.1. The highest BCUT2D eigenvalue weighted by molar-refractivity contribution is 7.92. The third-order valence-electron chi connectivity index (χ3n) is 2.99. The molecule has 106 valence electrons. The first kappa shape index (κ1) is 14.5. The minimum absolute atomic E-state index is 0.162. The fraction of sp³-hybridized carbons (Fsp3) is 0.214. The molecule has 0 fully saturated rings. The van der Waals surface area contributed by atoms with Gasteiger partial charge in [0.2, 0.25) is 0 Å². The van der Waals surface area contributed by atoms with Crippen LogP contribution in [0.25, 0.3) is 0 Å². The van der Waals surface area contributed by atoms with Crippen LogP contribution in [0.2, 0.25) is 0 Å². The summed E-state index contributed by atoms with van der Waals surface area (Å²) in [5, 5.41) is 9.43. The Bertz CT molecular complexity index is 667. The number of anilines is 1. The summed E-state index contributed by atoms with van der Waals surface area (Å²) < 4.78 is 26.0. The summed E-state index contributed by atoms with van der Waals surface area (Å²) in [6.07, 6.45) is 0.915. The lowest BCUT2D eigenvalue weighted by molar-refractivity contribution is 0.199. The zero-order valence-electron chi connectivity index (χ0n) is 11.3. The van der Waals surface area contributed by atoms with Gasteiger partial charge in [-0.1, -0.05) is 18.2 Å². The molecule has 0 aliphatic rings. The molecule has 1 aromatic carbocycles. The van der Waals surface area contributed by atoms with E-state index in [0.717, 1.165) is 4.31 Å². The summed E-state index contributed by atoms with van der Waals surface area (Å²) in [5.41, 5.74) is 0.671. The quantitative estimate of drug-likeness (QED) is 0.935. The monoisotopic (exact) mass is 292 g/mol. The van der Waals surface area contributed by atoms with Gasteiger partial charge >= 0.3 is 0 Å². The zero-order chi connectivity index (χ0) is 14.8. The Morgan fingerprint density at radius 3 is 2.30 bits per heavy atom. The van der Waals surface area contributed by atoms with E-state index in [9.17, 15) is 13.5 Å². The molecule has 2 aromatic rings. The highest BCUT2D eigenvalue weighted by Gasteiger charge is 2.21. The van der Waals surface area contributed by atoms with Crippen molar-refractivity contribution < 1.29 is 13.5 Å². The predicted octanol–water partition coefficient (Wildman–Crippen LogP) is 1.96. The summed E-state index contributed by atoms with van der Waals surface area (Å²) in [6, 6.07) is 11.2. The average Bonchev–Trinajstić information content (AvgIpc) is 2.47. The molecule has 0 radical (unpaired) electrons. The van der Waals surface area contributed by atoms with Gasteiger partial charge in [-0.25, -0.2) is 13.4 Å². The van der Waals surface area contributed by atoms with Crippen molar-refractivity contribution in [2.45, 2.75) is 17.9 Å². The van der Waals surface area contributed by atoms with Crippen LogP contribution in [0.3, 0.4) is 0 Å². The molecule has 1 aromatic heterocycles. The topological polar surface area (TPSA) is 70.5 Å². The van der Waals surface area contributed by atoms with Crippen LogP contribution in [0.5, 0.6) is 0 Å². The first-order valence-corrected chi connectivity index (χ1v) is 7.55. The van der Waals surface area contributed by atoms with Gasteiger partial charge in [0.15, 0.2) is 0 Å². The number of aliphatic hydroxyl groups excluding tert-OH is 1. The van der Waals surface area contributed by atoms with Crippen LogP contribution in [-0.4, -0.2) is 25.6 Å². The van der Waals surface area contributed by atoms with E-state index in [1.165, 1.54) is 25.4 Å². The van der Waals surface area contributed by atoms with Crippen molar-refractivity contribution in [2.75, 3.05) is 11.4 Å². The molecule has 6 heteroatoms. The molecule has 20 heavy (non-hydrogen) atoms. The van der Waals surface area contributed by atoms with Crippen molar-refractivity contribution >= 4 is 15.8 Å². The average molecular weight is 292 g/mol. The van der Waals surface area contributed by atoms with E-state index in [1.54, 1.807) is 37.3 Å². The third kappa shape index (κ3) is 2.81. The predicted molar refractivity (Wildman–Crippen MR) is 76.9 cm³/mol. The molecular formula is C14H16N2O3S. The summed E-state index contributed by atoms with van der Waals surface area (Å²) >= 11 is 0. The lowest BCUT2D eigenvalue weighted by Gasteiger charge is -2.18. The van der Waals surface area contributed by atoms with Crippen molar-refractivity contribution in [2.24, 2.45) is 0 Å². The number of sulfonamides is 1. The normalized spacial score (nSPS) is 12.9. The molecule has 0 bridgehead atoms. The molecule has 0 aliphatic heterocycles. The smallest absolute Gasteiger partial charge is 0.265 e. The highest BCUT2D eigenvalue weighted by Crippen LogP contribution is 2.21. The van der Waals surface area contributed by atoms with Crippen LogP contribution < -0.4 is 4.31 Å². The Balaban J connectivity index is 2.35. The Morgan fingerprint density at radius 2 is 1.80 bits per heavy atom. The zero-order valence-corrected chi connectivity index (χ0v) is 12.1. The fourth-order valence-electron chi connectivity index (χ4n) is 1.74. The number of hydrogen-bond donors (Lipinski definition) is 1. The number of aromatic nitrogens is 1. The van der Waals surface area contributed by atoms with Crippen LogP contribution in [-0.2, 0) is 10.0 Å². The van der Waals surface area contributed by atoms with Crippen LogP contribution in [0, 0.1) is 0 Å². The Morgan fingerprint density at radius 1 is 1.15 bits per heavy atom. The van der Waals surface area contributed by atoms with E-state index in [4.69, 9.17) is 0 Å². The molecule has 1 unspecified atom stereocenters. The lowest BCUT2D eigenvalue weighted by Crippen LogP contribution is -2.27. The maximum atomic E-state index is 12.4. The van der Waals surface area contributed by atoms with Crippen molar-refractivity contribution in [3.63, 3.8) is 0 Å². The maximum absolute atomic E-state index is 12.4. The van der Waals surface area contributed by atoms with Gasteiger partial charge in [-0.3, -0.25) is 4.31 Å². The van der Waals surface area contributed by atoms with E-state index in [-0.39, 0.29) is 4.90 Å².